The third kappa shape index (κ3) is 10.4. The molecule has 4 fully saturated rings. The summed E-state index contributed by atoms with van der Waals surface area (Å²) in [5.74, 6) is 8.04. The summed E-state index contributed by atoms with van der Waals surface area (Å²) in [5, 5.41) is 0. The Labute approximate surface area is 366 Å². The van der Waals surface area contributed by atoms with Crippen LogP contribution >= 0.6 is 17.0 Å². The Kier molecular flexibility index (Phi) is 17.4. The van der Waals surface area contributed by atoms with E-state index in [0.717, 1.165) is 58.4 Å². The summed E-state index contributed by atoms with van der Waals surface area (Å²) in [5.41, 5.74) is 11.6. The summed E-state index contributed by atoms with van der Waals surface area (Å²) in [6.45, 7) is 15.5. The van der Waals surface area contributed by atoms with Crippen LogP contribution in [0.15, 0.2) is 94.2 Å². The maximum atomic E-state index is 4.93. The number of rotatable bonds is 8. The predicted molar refractivity (Wildman–Crippen MR) is 248 cm³/mol. The first kappa shape index (κ1) is 46.7. The van der Waals surface area contributed by atoms with Gasteiger partial charge in [0, 0.05) is 0 Å². The van der Waals surface area contributed by atoms with Gasteiger partial charge in [0.15, 0.2) is 0 Å². The molecular formula is C52H78Cl2SiZr. The summed E-state index contributed by atoms with van der Waals surface area (Å²) in [4.78, 5) is 0. The van der Waals surface area contributed by atoms with E-state index in [4.69, 9.17) is 17.0 Å². The first-order valence-corrected chi connectivity index (χ1v) is 32.1. The van der Waals surface area contributed by atoms with Gasteiger partial charge in [-0.05, 0) is 145 Å². The molecule has 4 saturated carbocycles. The molecule has 0 aromatic rings. The number of halogens is 2. The molecule has 8 unspecified atom stereocenters. The molecule has 56 heavy (non-hydrogen) atoms. The molecule has 8 aliphatic carbocycles. The van der Waals surface area contributed by atoms with Gasteiger partial charge in [-0.2, -0.15) is 0 Å². The molecule has 0 saturated heterocycles. The molecule has 4 heteroatoms. The van der Waals surface area contributed by atoms with Crippen LogP contribution in [-0.2, 0) is 20.8 Å². The van der Waals surface area contributed by atoms with Gasteiger partial charge in [0.25, 0.3) is 0 Å². The van der Waals surface area contributed by atoms with Crippen LogP contribution in [0.4, 0.5) is 0 Å². The van der Waals surface area contributed by atoms with Gasteiger partial charge in [-0.25, -0.2) is 0 Å². The van der Waals surface area contributed by atoms with E-state index < -0.39 is 28.9 Å². The SMILES string of the molecule is CC1=C[C@@H](C)CC(C2=CC=CC3C2CC(CC2CCCCC2)C3[Si](C)(C)C2C(CC3CCCCC3)CC3C(C4=CC(C)=C[C@@H](C)C4)=CC=CC32)=C1.[CH3-].[CH3-].[Cl][Zr+2][Cl]. The van der Waals surface area contributed by atoms with Crippen molar-refractivity contribution in [3.05, 3.63) is 109 Å². The van der Waals surface area contributed by atoms with E-state index in [-0.39, 0.29) is 14.9 Å². The summed E-state index contributed by atoms with van der Waals surface area (Å²) in [6, 6.07) is 0. The molecule has 0 aromatic carbocycles. The number of hydrogen-bond acceptors (Lipinski definition) is 0. The van der Waals surface area contributed by atoms with Gasteiger partial charge in [0.1, 0.15) is 0 Å². The van der Waals surface area contributed by atoms with Gasteiger partial charge in [-0.3, -0.25) is 0 Å². The normalized spacial score (nSPS) is 35.7. The van der Waals surface area contributed by atoms with Gasteiger partial charge in [0.2, 0.25) is 0 Å². The molecule has 8 aliphatic rings. The van der Waals surface area contributed by atoms with Crippen molar-refractivity contribution in [2.45, 2.75) is 155 Å². The average molecular weight is 893 g/mol. The van der Waals surface area contributed by atoms with Crippen molar-refractivity contribution in [1.82, 2.24) is 0 Å². The molecule has 0 heterocycles. The molecule has 0 nitrogen and oxygen atoms in total. The fourth-order valence-electron chi connectivity index (χ4n) is 14.6. The van der Waals surface area contributed by atoms with Gasteiger partial charge in [-0.1, -0.05) is 163 Å². The van der Waals surface area contributed by atoms with Crippen molar-refractivity contribution in [2.24, 2.45) is 59.2 Å². The molecule has 0 N–H and O–H groups in total. The predicted octanol–water partition coefficient (Wildman–Crippen LogP) is 17.0. The van der Waals surface area contributed by atoms with E-state index in [1.165, 1.54) is 114 Å². The third-order valence-electron chi connectivity index (χ3n) is 16.1. The minimum atomic E-state index is -1.78. The molecule has 8 rings (SSSR count). The van der Waals surface area contributed by atoms with Crippen LogP contribution in [0.25, 0.3) is 0 Å². The molecule has 0 amide bonds. The molecule has 10 atom stereocenters. The fraction of sp³-hybridized carbons (Fsp3) is 0.654. The van der Waals surface area contributed by atoms with Crippen LogP contribution in [0.3, 0.4) is 0 Å². The van der Waals surface area contributed by atoms with Crippen molar-refractivity contribution in [3.63, 3.8) is 0 Å². The number of hydrogen-bond donors (Lipinski definition) is 0. The van der Waals surface area contributed by atoms with Crippen LogP contribution in [0.5, 0.6) is 0 Å². The Morgan fingerprint density at radius 3 is 1.36 bits per heavy atom. The van der Waals surface area contributed by atoms with Crippen molar-refractivity contribution >= 4 is 25.1 Å². The second-order valence-electron chi connectivity index (χ2n) is 20.3. The van der Waals surface area contributed by atoms with Crippen molar-refractivity contribution in [3.8, 4) is 0 Å². The Morgan fingerprint density at radius 2 is 1.00 bits per heavy atom. The third-order valence-corrected chi connectivity index (χ3v) is 21.2. The monoisotopic (exact) mass is 890 g/mol. The maximum absolute atomic E-state index is 4.93. The average Bonchev–Trinajstić information content (AvgIpc) is 3.70. The summed E-state index contributed by atoms with van der Waals surface area (Å²) in [7, 11) is 8.09. The summed E-state index contributed by atoms with van der Waals surface area (Å²) < 4.78 is 0. The van der Waals surface area contributed by atoms with Crippen LogP contribution in [0, 0.1) is 74.0 Å². The molecular weight excluding hydrogens is 815 g/mol. The molecule has 0 aliphatic heterocycles. The quantitative estimate of drug-likeness (QED) is 0.168. The zero-order valence-corrected chi connectivity index (χ0v) is 41.7. The topological polar surface area (TPSA) is 0 Å². The van der Waals surface area contributed by atoms with E-state index >= 15 is 0 Å². The van der Waals surface area contributed by atoms with Crippen molar-refractivity contribution in [1.29, 1.82) is 0 Å². The van der Waals surface area contributed by atoms with E-state index in [1.54, 1.807) is 22.3 Å². The first-order valence-electron chi connectivity index (χ1n) is 22.6. The summed E-state index contributed by atoms with van der Waals surface area (Å²) >= 11 is -0.826. The van der Waals surface area contributed by atoms with E-state index in [9.17, 15) is 0 Å². The van der Waals surface area contributed by atoms with Gasteiger partial charge < -0.3 is 14.9 Å². The number of fused-ring (bicyclic) bond motifs is 2. The van der Waals surface area contributed by atoms with Crippen LogP contribution in [0.1, 0.15) is 130 Å². The Hall–Kier alpha value is -0.400. The molecule has 0 spiro atoms. The zero-order chi connectivity index (χ0) is 38.0. The molecule has 0 radical (unpaired) electrons. The van der Waals surface area contributed by atoms with Gasteiger partial charge >= 0.3 is 37.9 Å². The van der Waals surface area contributed by atoms with Crippen LogP contribution in [-0.4, -0.2) is 8.07 Å². The second-order valence-corrected chi connectivity index (χ2v) is 29.0. The standard InChI is InChI=1S/C50H72Si.2CH3.2ClH.Zr/c1-33-23-34(2)26-39(25-33)43-19-13-21-45-47(43)31-41(29-37-15-9-7-10-16-37)49(45)51(5,6)50-42(30-38-17-11-8-12-18-38)32-48-44(20-14-22-46(48)50)40-27-35(3)24-36(4)28-40;;;;;/h13-14,19-25,27,34,36-38,41-42,45-50H,7-12,15-18,26,28-32H2,1-6H3;2*1H3;2*1H;/q;2*-1;;;+4/p-2/t34-,36-,41?,42?,45?,46?,47?,48?,49?,50?;;;;;/m1...../s1. The Morgan fingerprint density at radius 1 is 0.625 bits per heavy atom. The minimum absolute atomic E-state index is 0. The molecule has 0 bridgehead atoms. The van der Waals surface area contributed by atoms with Gasteiger partial charge in [-0.15, -0.1) is 0 Å². The van der Waals surface area contributed by atoms with Crippen molar-refractivity contribution < 1.29 is 20.8 Å². The fourth-order valence-corrected chi connectivity index (χ4v) is 20.7. The van der Waals surface area contributed by atoms with Crippen LogP contribution < -0.4 is 0 Å². The second kappa shape index (κ2) is 20.9. The van der Waals surface area contributed by atoms with Crippen molar-refractivity contribution in [2.75, 3.05) is 0 Å². The first-order chi connectivity index (χ1) is 26.1. The zero-order valence-electron chi connectivity index (χ0n) is 36.8. The molecule has 308 valence electrons. The molecule has 0 aromatic heterocycles. The van der Waals surface area contributed by atoms with E-state index in [0.29, 0.717) is 11.8 Å². The van der Waals surface area contributed by atoms with E-state index in [2.05, 4.69) is 102 Å². The Bertz CT molecular complexity index is 1460. The summed E-state index contributed by atoms with van der Waals surface area (Å²) in [6.07, 6.45) is 49.3. The Balaban J connectivity index is 0.00000116. The van der Waals surface area contributed by atoms with Gasteiger partial charge in [0.05, 0.1) is 8.07 Å². The number of allylic oxidation sites excluding steroid dienone is 16. The van der Waals surface area contributed by atoms with E-state index in [1.807, 2.05) is 0 Å². The van der Waals surface area contributed by atoms with Crippen LogP contribution in [0.2, 0.25) is 24.2 Å².